The maximum absolute atomic E-state index is 5.29. The molecule has 0 amide bonds. The van der Waals surface area contributed by atoms with Crippen molar-refractivity contribution in [1.29, 1.82) is 0 Å². The van der Waals surface area contributed by atoms with Crippen LogP contribution in [0.5, 0.6) is 5.75 Å². The lowest BCUT2D eigenvalue weighted by atomic mass is 10.2. The molecule has 0 spiro atoms. The van der Waals surface area contributed by atoms with E-state index >= 15 is 0 Å². The Bertz CT molecular complexity index is 485. The van der Waals surface area contributed by atoms with Crippen molar-refractivity contribution < 1.29 is 4.74 Å². The Kier molecular flexibility index (Phi) is 2.30. The van der Waals surface area contributed by atoms with Gasteiger partial charge < -0.3 is 4.74 Å². The van der Waals surface area contributed by atoms with Crippen molar-refractivity contribution in [3.63, 3.8) is 0 Å². The van der Waals surface area contributed by atoms with Crippen molar-refractivity contribution in [1.82, 2.24) is 10.2 Å². The summed E-state index contributed by atoms with van der Waals surface area (Å²) < 4.78 is 5.29. The Hall–Kier alpha value is -1.29. The molecule has 2 aromatic rings. The Balaban J connectivity index is 2.72. The number of H-pyrrole nitrogens is 1. The average molecular weight is 220 g/mol. The highest BCUT2D eigenvalue weighted by molar-refractivity contribution is 6.89. The minimum absolute atomic E-state index is 0.841. The third-order valence-corrected chi connectivity index (χ3v) is 4.40. The molecule has 4 heteroatoms. The van der Waals surface area contributed by atoms with E-state index in [1.54, 1.807) is 7.11 Å². The highest BCUT2D eigenvalue weighted by atomic mass is 28.3. The summed E-state index contributed by atoms with van der Waals surface area (Å²) in [5, 5.41) is 9.99. The van der Waals surface area contributed by atoms with Crippen LogP contribution >= 0.6 is 0 Å². The van der Waals surface area contributed by atoms with Crippen LogP contribution in [0.25, 0.3) is 10.9 Å². The minimum Gasteiger partial charge on any atom is -0.494 e. The molecule has 0 aliphatic rings. The van der Waals surface area contributed by atoms with E-state index in [0.29, 0.717) is 0 Å². The van der Waals surface area contributed by atoms with Crippen LogP contribution in [0, 0.1) is 0 Å². The number of fused-ring (bicyclic) bond motifs is 1. The van der Waals surface area contributed by atoms with Gasteiger partial charge >= 0.3 is 0 Å². The van der Waals surface area contributed by atoms with Crippen LogP contribution in [0.2, 0.25) is 19.6 Å². The van der Waals surface area contributed by atoms with Gasteiger partial charge in [0.1, 0.15) is 19.3 Å². The van der Waals surface area contributed by atoms with Gasteiger partial charge in [0.15, 0.2) is 0 Å². The van der Waals surface area contributed by atoms with Crippen LogP contribution in [-0.4, -0.2) is 25.4 Å². The molecule has 1 aromatic heterocycles. The summed E-state index contributed by atoms with van der Waals surface area (Å²) in [4.78, 5) is 0. The van der Waals surface area contributed by atoms with E-state index in [-0.39, 0.29) is 0 Å². The van der Waals surface area contributed by atoms with E-state index in [2.05, 4.69) is 35.9 Å². The summed E-state index contributed by atoms with van der Waals surface area (Å²) in [7, 11) is 0.323. The predicted molar refractivity (Wildman–Crippen MR) is 65.6 cm³/mol. The van der Waals surface area contributed by atoms with Crippen molar-refractivity contribution in [2.45, 2.75) is 19.6 Å². The first kappa shape index (κ1) is 10.2. The fourth-order valence-corrected chi connectivity index (χ4v) is 3.15. The summed E-state index contributed by atoms with van der Waals surface area (Å²) in [6, 6.07) is 6.06. The van der Waals surface area contributed by atoms with E-state index in [0.717, 1.165) is 11.3 Å². The van der Waals surface area contributed by atoms with E-state index in [9.17, 15) is 0 Å². The molecule has 0 radical (unpaired) electrons. The first-order valence-corrected chi connectivity index (χ1v) is 8.55. The number of ether oxygens (including phenoxy) is 1. The van der Waals surface area contributed by atoms with Crippen LogP contribution < -0.4 is 10.1 Å². The molecule has 0 unspecified atom stereocenters. The molecule has 1 heterocycles. The SMILES string of the molecule is COc1cccc2c([Si](C)(C)C)[nH]nc12. The molecule has 0 bridgehead atoms. The van der Waals surface area contributed by atoms with Crippen molar-refractivity contribution in [3.8, 4) is 5.75 Å². The Labute approximate surface area is 90.5 Å². The van der Waals surface area contributed by atoms with Gasteiger partial charge in [-0.1, -0.05) is 31.8 Å². The molecule has 1 N–H and O–H groups in total. The molecule has 0 fully saturated rings. The third-order valence-electron chi connectivity index (χ3n) is 2.52. The van der Waals surface area contributed by atoms with Gasteiger partial charge in [0.25, 0.3) is 0 Å². The van der Waals surface area contributed by atoms with Gasteiger partial charge in [-0.25, -0.2) is 0 Å². The third kappa shape index (κ3) is 1.65. The summed E-state index contributed by atoms with van der Waals surface area (Å²) in [5.74, 6) is 0.841. The van der Waals surface area contributed by atoms with Crippen molar-refractivity contribution in [3.05, 3.63) is 18.2 Å². The van der Waals surface area contributed by atoms with E-state index < -0.39 is 8.07 Å². The predicted octanol–water partition coefficient (Wildman–Crippen LogP) is 2.12. The lowest BCUT2D eigenvalue weighted by Gasteiger charge is -2.13. The van der Waals surface area contributed by atoms with E-state index in [4.69, 9.17) is 4.74 Å². The molecular formula is C11H16N2OSi. The molecule has 0 aliphatic carbocycles. The number of aromatic nitrogens is 2. The molecule has 80 valence electrons. The molecular weight excluding hydrogens is 204 g/mol. The number of aromatic amines is 1. The van der Waals surface area contributed by atoms with Gasteiger partial charge in [-0.05, 0) is 6.07 Å². The van der Waals surface area contributed by atoms with Crippen LogP contribution in [0.3, 0.4) is 0 Å². The zero-order chi connectivity index (χ0) is 11.1. The van der Waals surface area contributed by atoms with Crippen LogP contribution in [0.15, 0.2) is 18.2 Å². The summed E-state index contributed by atoms with van der Waals surface area (Å²) in [5.41, 5.74) is 0.942. The number of nitrogens with zero attached hydrogens (tertiary/aromatic N) is 1. The molecule has 0 saturated carbocycles. The quantitative estimate of drug-likeness (QED) is 0.787. The van der Waals surface area contributed by atoms with E-state index in [1.807, 2.05) is 12.1 Å². The van der Waals surface area contributed by atoms with Gasteiger partial charge in [-0.15, -0.1) is 0 Å². The normalized spacial score (nSPS) is 12.0. The summed E-state index contributed by atoms with van der Waals surface area (Å²) in [6.45, 7) is 6.91. The van der Waals surface area contributed by atoms with Crippen molar-refractivity contribution in [2.24, 2.45) is 0 Å². The summed E-state index contributed by atoms with van der Waals surface area (Å²) >= 11 is 0. The van der Waals surface area contributed by atoms with Gasteiger partial charge in [-0.3, -0.25) is 5.10 Å². The standard InChI is InChI=1S/C11H16N2OSi/c1-14-9-7-5-6-8-10(9)12-13-11(8)15(2,3)4/h5-7H,1-4H3,(H,12,13). The minimum atomic E-state index is -1.35. The number of hydrogen-bond acceptors (Lipinski definition) is 2. The Morgan fingerprint density at radius 1 is 1.27 bits per heavy atom. The molecule has 2 rings (SSSR count). The molecule has 15 heavy (non-hydrogen) atoms. The van der Waals surface area contributed by atoms with Gasteiger partial charge in [-0.2, -0.15) is 5.10 Å². The lowest BCUT2D eigenvalue weighted by molar-refractivity contribution is 0.419. The fraction of sp³-hybridized carbons (Fsp3) is 0.364. The zero-order valence-electron chi connectivity index (χ0n) is 9.59. The van der Waals surface area contributed by atoms with E-state index in [1.165, 1.54) is 10.7 Å². The van der Waals surface area contributed by atoms with Crippen LogP contribution in [0.1, 0.15) is 0 Å². The second kappa shape index (κ2) is 3.38. The highest BCUT2D eigenvalue weighted by Crippen LogP contribution is 2.22. The summed E-state index contributed by atoms with van der Waals surface area (Å²) in [6.07, 6.45) is 0. The number of rotatable bonds is 2. The van der Waals surface area contributed by atoms with Crippen molar-refractivity contribution in [2.75, 3.05) is 7.11 Å². The fourth-order valence-electron chi connectivity index (χ4n) is 1.75. The molecule has 0 atom stereocenters. The maximum atomic E-state index is 5.29. The van der Waals surface area contributed by atoms with Gasteiger partial charge in [0.2, 0.25) is 0 Å². The zero-order valence-corrected chi connectivity index (χ0v) is 10.6. The molecule has 1 aromatic carbocycles. The number of nitrogens with one attached hydrogen (secondary N) is 1. The Morgan fingerprint density at radius 3 is 2.60 bits per heavy atom. The smallest absolute Gasteiger partial charge is 0.146 e. The number of hydrogen-bond donors (Lipinski definition) is 1. The number of para-hydroxylation sites is 1. The topological polar surface area (TPSA) is 37.9 Å². The first-order valence-electron chi connectivity index (χ1n) is 5.05. The van der Waals surface area contributed by atoms with Gasteiger partial charge in [0, 0.05) is 10.7 Å². The molecule has 0 aliphatic heterocycles. The lowest BCUT2D eigenvalue weighted by Crippen LogP contribution is -2.39. The highest BCUT2D eigenvalue weighted by Gasteiger charge is 2.22. The number of benzene rings is 1. The van der Waals surface area contributed by atoms with Crippen LogP contribution in [0.4, 0.5) is 0 Å². The largest absolute Gasteiger partial charge is 0.494 e. The molecule has 3 nitrogen and oxygen atoms in total. The number of methoxy groups -OCH3 is 1. The average Bonchev–Trinajstić information content (AvgIpc) is 2.59. The second-order valence-corrected chi connectivity index (χ2v) is 9.71. The van der Waals surface area contributed by atoms with Crippen molar-refractivity contribution >= 4 is 24.3 Å². The van der Waals surface area contributed by atoms with Crippen LogP contribution in [-0.2, 0) is 0 Å². The first-order chi connectivity index (χ1) is 7.04. The Morgan fingerprint density at radius 2 is 2.00 bits per heavy atom. The second-order valence-electron chi connectivity index (χ2n) is 4.71. The van der Waals surface area contributed by atoms with Gasteiger partial charge in [0.05, 0.1) is 7.11 Å². The maximum Gasteiger partial charge on any atom is 0.146 e. The monoisotopic (exact) mass is 220 g/mol. The molecule has 0 saturated heterocycles.